The molecule has 2 rings (SSSR count). The lowest BCUT2D eigenvalue weighted by molar-refractivity contribution is 0.269. The minimum absolute atomic E-state index is 0.130. The van der Waals surface area contributed by atoms with Gasteiger partial charge in [0.15, 0.2) is 0 Å². The van der Waals surface area contributed by atoms with Gasteiger partial charge in [0, 0.05) is 10.3 Å². The first-order chi connectivity index (χ1) is 9.25. The number of hydrogen-bond donors (Lipinski definition) is 2. The minimum atomic E-state index is -2.59. The summed E-state index contributed by atoms with van der Waals surface area (Å²) in [7, 11) is -2.59. The summed E-state index contributed by atoms with van der Waals surface area (Å²) in [6.45, 7) is 0.130. The molecule has 0 radical (unpaired) electrons. The number of rotatable bonds is 6. The summed E-state index contributed by atoms with van der Waals surface area (Å²) in [5.74, 6) is 0. The van der Waals surface area contributed by atoms with E-state index >= 15 is 0 Å². The molecule has 0 aliphatic rings. The van der Waals surface area contributed by atoms with Crippen LogP contribution in [0.15, 0.2) is 60.7 Å². The van der Waals surface area contributed by atoms with Crippen molar-refractivity contribution in [2.45, 2.75) is 6.04 Å². The predicted molar refractivity (Wildman–Crippen MR) is 75.0 cm³/mol. The zero-order chi connectivity index (χ0) is 13.5. The van der Waals surface area contributed by atoms with E-state index in [1.807, 2.05) is 60.7 Å². The quantitative estimate of drug-likeness (QED) is 0.793. The lowest BCUT2D eigenvalue weighted by Gasteiger charge is -2.17. The molecule has 4 nitrogen and oxygen atoms in total. The van der Waals surface area contributed by atoms with Crippen LogP contribution in [0, 0.1) is 0 Å². The van der Waals surface area contributed by atoms with Crippen molar-refractivity contribution in [2.75, 3.05) is 11.9 Å². The minimum Gasteiger partial charge on any atom is -0.376 e. The molecule has 2 unspecified atom stereocenters. The Morgan fingerprint density at radius 3 is 2.21 bits per heavy atom. The third kappa shape index (κ3) is 4.45. The first-order valence-electron chi connectivity index (χ1n) is 5.91. The maximum absolute atomic E-state index is 10.7. The molecule has 0 saturated heterocycles. The third-order valence-electron chi connectivity index (χ3n) is 2.67. The van der Waals surface area contributed by atoms with Crippen LogP contribution >= 0.6 is 8.25 Å². The van der Waals surface area contributed by atoms with Crippen LogP contribution in [0.2, 0.25) is 0 Å². The van der Waals surface area contributed by atoms with Gasteiger partial charge < -0.3 is 5.32 Å². The Hall–Kier alpha value is -1.74. The largest absolute Gasteiger partial charge is 0.694 e. The highest BCUT2D eigenvalue weighted by atomic mass is 31.1. The number of para-hydroxylation sites is 1. The SMILES string of the molecule is O=[P+](O)OCC(Nc1ccccc1)c1ccccc1. The number of benzene rings is 2. The van der Waals surface area contributed by atoms with Crippen molar-refractivity contribution in [2.24, 2.45) is 0 Å². The van der Waals surface area contributed by atoms with Gasteiger partial charge in [-0.15, -0.1) is 9.42 Å². The van der Waals surface area contributed by atoms with Gasteiger partial charge in [-0.2, -0.15) is 0 Å². The molecule has 0 heterocycles. The molecule has 0 aliphatic carbocycles. The van der Waals surface area contributed by atoms with Crippen molar-refractivity contribution < 1.29 is 14.0 Å². The van der Waals surface area contributed by atoms with Crippen LogP contribution in [-0.2, 0) is 9.09 Å². The fourth-order valence-corrected chi connectivity index (χ4v) is 2.06. The van der Waals surface area contributed by atoms with E-state index < -0.39 is 8.25 Å². The van der Waals surface area contributed by atoms with Gasteiger partial charge in [-0.3, -0.25) is 0 Å². The zero-order valence-electron chi connectivity index (χ0n) is 10.3. The van der Waals surface area contributed by atoms with Gasteiger partial charge in [-0.05, 0) is 17.7 Å². The third-order valence-corrected chi connectivity index (χ3v) is 3.04. The Bertz CT molecular complexity index is 519. The van der Waals surface area contributed by atoms with E-state index in [9.17, 15) is 4.57 Å². The molecule has 0 aromatic heterocycles. The zero-order valence-corrected chi connectivity index (χ0v) is 11.2. The van der Waals surface area contributed by atoms with E-state index in [0.717, 1.165) is 11.3 Å². The van der Waals surface area contributed by atoms with Crippen molar-refractivity contribution in [1.82, 2.24) is 0 Å². The highest BCUT2D eigenvalue weighted by molar-refractivity contribution is 7.32. The normalized spacial score (nSPS) is 12.8. The van der Waals surface area contributed by atoms with E-state index in [1.165, 1.54) is 0 Å². The summed E-state index contributed by atoms with van der Waals surface area (Å²) in [5.41, 5.74) is 1.94. The molecule has 2 N–H and O–H groups in total. The van der Waals surface area contributed by atoms with Gasteiger partial charge >= 0.3 is 8.25 Å². The Balaban J connectivity index is 2.12. The van der Waals surface area contributed by atoms with Crippen LogP contribution < -0.4 is 5.32 Å². The van der Waals surface area contributed by atoms with Crippen molar-refractivity contribution in [3.63, 3.8) is 0 Å². The van der Waals surface area contributed by atoms with Crippen molar-refractivity contribution in [1.29, 1.82) is 0 Å². The Kier molecular flexibility index (Phi) is 5.04. The lowest BCUT2D eigenvalue weighted by Crippen LogP contribution is -2.15. The predicted octanol–water partition coefficient (Wildman–Crippen LogP) is 3.51. The number of hydrogen-bond acceptors (Lipinski definition) is 3. The van der Waals surface area contributed by atoms with E-state index in [1.54, 1.807) is 0 Å². The summed E-state index contributed by atoms with van der Waals surface area (Å²) >= 11 is 0. The molecule has 2 atom stereocenters. The number of anilines is 1. The van der Waals surface area contributed by atoms with Gasteiger partial charge in [0.05, 0.1) is 6.04 Å². The fraction of sp³-hybridized carbons (Fsp3) is 0.143. The fourth-order valence-electron chi connectivity index (χ4n) is 1.78. The average Bonchev–Trinajstić information content (AvgIpc) is 2.45. The highest BCUT2D eigenvalue weighted by Gasteiger charge is 2.19. The second-order valence-corrected chi connectivity index (χ2v) is 4.74. The lowest BCUT2D eigenvalue weighted by atomic mass is 10.1. The molecular weight excluding hydrogens is 261 g/mol. The number of nitrogens with one attached hydrogen (secondary N) is 1. The van der Waals surface area contributed by atoms with Gasteiger partial charge in [0.25, 0.3) is 0 Å². The van der Waals surface area contributed by atoms with Crippen LogP contribution in [0.1, 0.15) is 11.6 Å². The first-order valence-corrected chi connectivity index (χ1v) is 7.04. The van der Waals surface area contributed by atoms with Crippen LogP contribution in [0.5, 0.6) is 0 Å². The van der Waals surface area contributed by atoms with Gasteiger partial charge in [-0.1, -0.05) is 48.5 Å². The van der Waals surface area contributed by atoms with Gasteiger partial charge in [-0.25, -0.2) is 0 Å². The summed E-state index contributed by atoms with van der Waals surface area (Å²) in [4.78, 5) is 8.77. The molecular formula is C14H15NO3P+. The van der Waals surface area contributed by atoms with Crippen LogP contribution in [0.25, 0.3) is 0 Å². The summed E-state index contributed by atoms with van der Waals surface area (Å²) in [6.07, 6.45) is 0. The Morgan fingerprint density at radius 2 is 1.63 bits per heavy atom. The maximum atomic E-state index is 10.7. The Morgan fingerprint density at radius 1 is 1.05 bits per heavy atom. The molecule has 2 aromatic rings. The highest BCUT2D eigenvalue weighted by Crippen LogP contribution is 2.24. The molecule has 0 aliphatic heterocycles. The molecule has 0 bridgehead atoms. The molecule has 0 amide bonds. The summed E-state index contributed by atoms with van der Waals surface area (Å²) < 4.78 is 15.5. The smallest absolute Gasteiger partial charge is 0.376 e. The van der Waals surface area contributed by atoms with E-state index in [0.29, 0.717) is 0 Å². The van der Waals surface area contributed by atoms with Gasteiger partial charge in [0.2, 0.25) is 0 Å². The van der Waals surface area contributed by atoms with Crippen LogP contribution in [0.3, 0.4) is 0 Å². The second kappa shape index (κ2) is 7.00. The second-order valence-electron chi connectivity index (χ2n) is 4.01. The molecule has 19 heavy (non-hydrogen) atoms. The molecule has 0 fully saturated rings. The van der Waals surface area contributed by atoms with Crippen LogP contribution in [-0.4, -0.2) is 11.5 Å². The topological polar surface area (TPSA) is 58.6 Å². The average molecular weight is 276 g/mol. The van der Waals surface area contributed by atoms with Crippen molar-refractivity contribution in [3.05, 3.63) is 66.2 Å². The summed E-state index contributed by atoms with van der Waals surface area (Å²) in [6, 6.07) is 19.2. The standard InChI is InChI=1S/C14H14NO3P/c16-19(17)18-11-14(12-7-3-1-4-8-12)15-13-9-5-2-6-10-13/h1-10,14-15H,11H2/p+1. The van der Waals surface area contributed by atoms with Crippen LogP contribution in [0.4, 0.5) is 5.69 Å². The van der Waals surface area contributed by atoms with E-state index in [2.05, 4.69) is 5.32 Å². The van der Waals surface area contributed by atoms with E-state index in [4.69, 9.17) is 9.42 Å². The maximum Gasteiger partial charge on any atom is 0.694 e. The van der Waals surface area contributed by atoms with Gasteiger partial charge in [0.1, 0.15) is 6.61 Å². The molecule has 98 valence electrons. The molecule has 0 spiro atoms. The molecule has 0 saturated carbocycles. The molecule has 2 aromatic carbocycles. The first kappa shape index (κ1) is 13.7. The van der Waals surface area contributed by atoms with Crippen molar-refractivity contribution in [3.8, 4) is 0 Å². The monoisotopic (exact) mass is 276 g/mol. The van der Waals surface area contributed by atoms with Crippen molar-refractivity contribution >= 4 is 13.9 Å². The van der Waals surface area contributed by atoms with E-state index in [-0.39, 0.29) is 12.6 Å². The molecule has 5 heteroatoms. The summed E-state index contributed by atoms with van der Waals surface area (Å²) in [5, 5.41) is 3.29. The Labute approximate surface area is 113 Å².